The summed E-state index contributed by atoms with van der Waals surface area (Å²) in [5.74, 6) is 4.43. The third kappa shape index (κ3) is 3.48. The minimum atomic E-state index is -0.0227. The summed E-state index contributed by atoms with van der Waals surface area (Å²) < 4.78 is 0. The summed E-state index contributed by atoms with van der Waals surface area (Å²) in [5.41, 5.74) is 6.71. The lowest BCUT2D eigenvalue weighted by molar-refractivity contribution is -0.127. The first-order valence-corrected chi connectivity index (χ1v) is 12.5. The molecule has 0 heterocycles. The summed E-state index contributed by atoms with van der Waals surface area (Å²) in [4.78, 5) is 0. The van der Waals surface area contributed by atoms with Crippen LogP contribution in [0.25, 0.3) is 0 Å². The number of unbranched alkanes of at least 4 members (excludes halogenated alkanes) is 1. The quantitative estimate of drug-likeness (QED) is 0.575. The van der Waals surface area contributed by atoms with E-state index in [4.69, 9.17) is 5.73 Å². The van der Waals surface area contributed by atoms with Crippen LogP contribution in [0, 0.1) is 40.4 Å². The SMILES string of the molecule is CC(NCCCCN)[C@H]1CC[C@H]2[C@@H]3CCC4CC(O)CC[C@]4(C)[C@H]3CC[C@]12C. The van der Waals surface area contributed by atoms with Crippen molar-refractivity contribution in [2.24, 2.45) is 46.2 Å². The summed E-state index contributed by atoms with van der Waals surface area (Å²) in [6.07, 6.45) is 14.3. The Morgan fingerprint density at radius 2 is 1.71 bits per heavy atom. The van der Waals surface area contributed by atoms with Crippen LogP contribution in [0.15, 0.2) is 0 Å². The molecule has 4 N–H and O–H groups in total. The van der Waals surface area contributed by atoms with Crippen LogP contribution in [-0.2, 0) is 0 Å². The van der Waals surface area contributed by atoms with E-state index in [1.807, 2.05) is 0 Å². The standard InChI is InChI=1S/C25H46N2O/c1-17(27-15-5-4-14-26)21-8-9-22-20-7-6-18-16-19(28)10-12-24(18,2)23(20)11-13-25(21,22)3/h17-23,27-28H,4-16,26H2,1-3H3/t17?,18?,19?,20-,21+,22-,23-,24-,25+/m0/s1. The number of rotatable bonds is 6. The number of aliphatic hydroxyl groups excluding tert-OH is 1. The lowest BCUT2D eigenvalue weighted by Crippen LogP contribution is -2.55. The molecule has 4 rings (SSSR count). The number of hydrogen-bond acceptors (Lipinski definition) is 3. The van der Waals surface area contributed by atoms with Gasteiger partial charge in [0.2, 0.25) is 0 Å². The number of nitrogens with two attached hydrogens (primary N) is 1. The summed E-state index contributed by atoms with van der Waals surface area (Å²) in [6, 6.07) is 0.640. The van der Waals surface area contributed by atoms with Crippen molar-refractivity contribution in [3.05, 3.63) is 0 Å². The topological polar surface area (TPSA) is 58.3 Å². The predicted octanol–water partition coefficient (Wildman–Crippen LogP) is 4.72. The van der Waals surface area contributed by atoms with E-state index in [0.717, 1.165) is 61.9 Å². The van der Waals surface area contributed by atoms with Gasteiger partial charge in [-0.3, -0.25) is 0 Å². The molecule has 3 nitrogen and oxygen atoms in total. The fourth-order valence-electron chi connectivity index (χ4n) is 8.84. The molecule has 0 bridgehead atoms. The van der Waals surface area contributed by atoms with Crippen LogP contribution < -0.4 is 11.1 Å². The van der Waals surface area contributed by atoms with Gasteiger partial charge in [-0.2, -0.15) is 0 Å². The summed E-state index contributed by atoms with van der Waals surface area (Å²) in [7, 11) is 0. The molecular weight excluding hydrogens is 344 g/mol. The fourth-order valence-corrected chi connectivity index (χ4v) is 8.84. The van der Waals surface area contributed by atoms with Crippen LogP contribution in [-0.4, -0.2) is 30.3 Å². The van der Waals surface area contributed by atoms with E-state index in [9.17, 15) is 5.11 Å². The van der Waals surface area contributed by atoms with E-state index in [1.165, 1.54) is 51.4 Å². The van der Waals surface area contributed by atoms with E-state index < -0.39 is 0 Å². The molecule has 0 aliphatic heterocycles. The molecule has 0 saturated heterocycles. The van der Waals surface area contributed by atoms with Gasteiger partial charge in [-0.25, -0.2) is 0 Å². The Morgan fingerprint density at radius 1 is 0.964 bits per heavy atom. The Balaban J connectivity index is 1.45. The molecule has 4 fully saturated rings. The number of aliphatic hydroxyl groups is 1. The monoisotopic (exact) mass is 390 g/mol. The third-order valence-electron chi connectivity index (χ3n) is 10.4. The van der Waals surface area contributed by atoms with Crippen molar-refractivity contribution in [1.82, 2.24) is 5.32 Å². The largest absolute Gasteiger partial charge is 0.393 e. The van der Waals surface area contributed by atoms with Crippen molar-refractivity contribution in [3.8, 4) is 0 Å². The van der Waals surface area contributed by atoms with Crippen molar-refractivity contribution in [1.29, 1.82) is 0 Å². The third-order valence-corrected chi connectivity index (χ3v) is 10.4. The maximum absolute atomic E-state index is 10.2. The lowest BCUT2D eigenvalue weighted by atomic mass is 9.44. The van der Waals surface area contributed by atoms with Gasteiger partial charge in [0.1, 0.15) is 0 Å². The number of hydrogen-bond donors (Lipinski definition) is 3. The molecule has 4 saturated carbocycles. The lowest BCUT2D eigenvalue weighted by Gasteiger charge is -2.61. The molecule has 28 heavy (non-hydrogen) atoms. The second-order valence-electron chi connectivity index (χ2n) is 11.6. The first-order chi connectivity index (χ1) is 13.4. The van der Waals surface area contributed by atoms with Crippen molar-refractivity contribution >= 4 is 0 Å². The fraction of sp³-hybridized carbons (Fsp3) is 1.00. The molecule has 0 aromatic rings. The number of fused-ring (bicyclic) bond motifs is 5. The molecule has 0 radical (unpaired) electrons. The van der Waals surface area contributed by atoms with Crippen LogP contribution in [0.3, 0.4) is 0 Å². The highest BCUT2D eigenvalue weighted by molar-refractivity contribution is 5.10. The molecule has 4 aliphatic rings. The Bertz CT molecular complexity index is 539. The molecule has 9 atom stereocenters. The van der Waals surface area contributed by atoms with Gasteiger partial charge in [0.05, 0.1) is 6.10 Å². The molecule has 4 aliphatic carbocycles. The second-order valence-corrected chi connectivity index (χ2v) is 11.6. The Labute approximate surface area is 173 Å². The van der Waals surface area contributed by atoms with Gasteiger partial charge in [0, 0.05) is 6.04 Å². The highest BCUT2D eigenvalue weighted by Gasteiger charge is 2.60. The minimum absolute atomic E-state index is 0.0227. The zero-order chi connectivity index (χ0) is 19.9. The molecule has 0 amide bonds. The van der Waals surface area contributed by atoms with E-state index >= 15 is 0 Å². The molecule has 0 spiro atoms. The predicted molar refractivity (Wildman–Crippen MR) is 117 cm³/mol. The van der Waals surface area contributed by atoms with Crippen LogP contribution in [0.1, 0.15) is 91.4 Å². The van der Waals surface area contributed by atoms with Crippen LogP contribution >= 0.6 is 0 Å². The molecular formula is C25H46N2O. The van der Waals surface area contributed by atoms with Gasteiger partial charge in [-0.1, -0.05) is 13.8 Å². The normalized spacial score (nSPS) is 49.2. The average Bonchev–Trinajstić information content (AvgIpc) is 3.03. The Hall–Kier alpha value is -0.120. The highest BCUT2D eigenvalue weighted by atomic mass is 16.3. The Kier molecular flexibility index (Phi) is 6.18. The van der Waals surface area contributed by atoms with Gasteiger partial charge < -0.3 is 16.2 Å². The Morgan fingerprint density at radius 3 is 2.50 bits per heavy atom. The molecule has 0 aromatic carbocycles. The van der Waals surface area contributed by atoms with Crippen molar-refractivity contribution in [2.45, 2.75) is 104 Å². The van der Waals surface area contributed by atoms with Crippen molar-refractivity contribution in [2.75, 3.05) is 13.1 Å². The van der Waals surface area contributed by atoms with Crippen molar-refractivity contribution < 1.29 is 5.11 Å². The highest BCUT2D eigenvalue weighted by Crippen LogP contribution is 2.67. The maximum Gasteiger partial charge on any atom is 0.0543 e. The van der Waals surface area contributed by atoms with Gasteiger partial charge in [-0.15, -0.1) is 0 Å². The summed E-state index contributed by atoms with van der Waals surface area (Å²) >= 11 is 0. The molecule has 3 unspecified atom stereocenters. The minimum Gasteiger partial charge on any atom is -0.393 e. The van der Waals surface area contributed by atoms with Crippen LogP contribution in [0.5, 0.6) is 0 Å². The smallest absolute Gasteiger partial charge is 0.0543 e. The first-order valence-electron chi connectivity index (χ1n) is 12.5. The summed E-state index contributed by atoms with van der Waals surface area (Å²) in [5, 5.41) is 14.1. The average molecular weight is 391 g/mol. The maximum atomic E-state index is 10.2. The van der Waals surface area contributed by atoms with Gasteiger partial charge >= 0.3 is 0 Å². The molecule has 3 heteroatoms. The van der Waals surface area contributed by atoms with Crippen LogP contribution in [0.4, 0.5) is 0 Å². The first kappa shape index (κ1) is 21.1. The second kappa shape index (κ2) is 8.19. The van der Waals surface area contributed by atoms with E-state index in [-0.39, 0.29) is 6.10 Å². The molecule has 0 aromatic heterocycles. The van der Waals surface area contributed by atoms with E-state index in [0.29, 0.717) is 16.9 Å². The zero-order valence-corrected chi connectivity index (χ0v) is 18.8. The van der Waals surface area contributed by atoms with Gasteiger partial charge in [0.15, 0.2) is 0 Å². The summed E-state index contributed by atoms with van der Waals surface area (Å²) in [6.45, 7) is 9.66. The van der Waals surface area contributed by atoms with Gasteiger partial charge in [0.25, 0.3) is 0 Å². The molecule has 162 valence electrons. The van der Waals surface area contributed by atoms with Crippen LogP contribution in [0.2, 0.25) is 0 Å². The zero-order valence-electron chi connectivity index (χ0n) is 18.8. The number of nitrogens with one attached hydrogen (secondary N) is 1. The van der Waals surface area contributed by atoms with E-state index in [2.05, 4.69) is 26.1 Å². The van der Waals surface area contributed by atoms with Crippen molar-refractivity contribution in [3.63, 3.8) is 0 Å². The van der Waals surface area contributed by atoms with Gasteiger partial charge in [-0.05, 0) is 131 Å². The van der Waals surface area contributed by atoms with E-state index in [1.54, 1.807) is 0 Å².